The molecule has 7 nitrogen and oxygen atoms in total. The van der Waals surface area contributed by atoms with E-state index in [0.717, 1.165) is 5.56 Å². The van der Waals surface area contributed by atoms with Gasteiger partial charge in [0.25, 0.3) is 5.91 Å². The Balaban J connectivity index is 2.42. The van der Waals surface area contributed by atoms with Crippen molar-refractivity contribution in [1.82, 2.24) is 9.62 Å². The second-order valence-corrected chi connectivity index (χ2v) is 7.26. The zero-order valence-corrected chi connectivity index (χ0v) is 15.6. The van der Waals surface area contributed by atoms with Crippen molar-refractivity contribution >= 4 is 21.9 Å². The van der Waals surface area contributed by atoms with Crippen LogP contribution in [0, 0.1) is 6.92 Å². The molecule has 0 aliphatic rings. The Kier molecular flexibility index (Phi) is 8.74. The first-order valence-corrected chi connectivity index (χ1v) is 9.50. The number of rotatable bonds is 11. The van der Waals surface area contributed by atoms with Gasteiger partial charge in [0, 0.05) is 19.6 Å². The Morgan fingerprint density at radius 2 is 1.73 bits per heavy atom. The molecule has 0 saturated heterocycles. The van der Waals surface area contributed by atoms with Crippen LogP contribution in [0.2, 0.25) is 0 Å². The first-order chi connectivity index (χ1) is 12.3. The zero-order valence-electron chi connectivity index (χ0n) is 14.8. The predicted octanol–water partition coefficient (Wildman–Crippen LogP) is 1.41. The van der Waals surface area contributed by atoms with E-state index in [-0.39, 0.29) is 23.8 Å². The second-order valence-electron chi connectivity index (χ2n) is 5.50. The molecule has 1 amide bonds. The van der Waals surface area contributed by atoms with Crippen LogP contribution in [0.5, 0.6) is 0 Å². The SMILES string of the molecule is C=CCN(CC=C)C(=O)COC(=O)CCNS(=O)(=O)c1ccc(C)cc1. The van der Waals surface area contributed by atoms with Crippen molar-refractivity contribution < 1.29 is 22.7 Å². The number of ether oxygens (including phenoxy) is 1. The largest absolute Gasteiger partial charge is 0.456 e. The topological polar surface area (TPSA) is 92.8 Å². The lowest BCUT2D eigenvalue weighted by Gasteiger charge is -2.18. The van der Waals surface area contributed by atoms with E-state index >= 15 is 0 Å². The summed E-state index contributed by atoms with van der Waals surface area (Å²) in [5.41, 5.74) is 0.944. The van der Waals surface area contributed by atoms with Gasteiger partial charge in [-0.1, -0.05) is 29.8 Å². The molecule has 0 bridgehead atoms. The minimum absolute atomic E-state index is 0.119. The molecule has 0 radical (unpaired) electrons. The number of nitrogens with one attached hydrogen (secondary N) is 1. The number of benzene rings is 1. The van der Waals surface area contributed by atoms with E-state index in [4.69, 9.17) is 4.74 Å². The fraction of sp³-hybridized carbons (Fsp3) is 0.333. The van der Waals surface area contributed by atoms with Gasteiger partial charge < -0.3 is 9.64 Å². The summed E-state index contributed by atoms with van der Waals surface area (Å²) in [5.74, 6) is -1.04. The summed E-state index contributed by atoms with van der Waals surface area (Å²) in [4.78, 5) is 25.1. The molecule has 0 aliphatic carbocycles. The van der Waals surface area contributed by atoms with Crippen LogP contribution < -0.4 is 4.72 Å². The van der Waals surface area contributed by atoms with E-state index in [9.17, 15) is 18.0 Å². The van der Waals surface area contributed by atoms with Crippen molar-refractivity contribution in [2.75, 3.05) is 26.2 Å². The fourth-order valence-electron chi connectivity index (χ4n) is 1.98. The standard InChI is InChI=1S/C18H24N2O5S/c1-4-12-20(13-5-2)17(21)14-25-18(22)10-11-19-26(23,24)16-8-6-15(3)7-9-16/h4-9,19H,1-2,10-14H2,3H3. The van der Waals surface area contributed by atoms with Crippen LogP contribution in [-0.2, 0) is 24.3 Å². The Labute approximate surface area is 154 Å². The Bertz CT molecular complexity index is 731. The van der Waals surface area contributed by atoms with Crippen molar-refractivity contribution in [1.29, 1.82) is 0 Å². The van der Waals surface area contributed by atoms with Gasteiger partial charge >= 0.3 is 5.97 Å². The molecular weight excluding hydrogens is 356 g/mol. The first kappa shape index (κ1) is 21.6. The molecule has 0 heterocycles. The number of carbonyl (C=O) groups excluding carboxylic acids is 2. The third kappa shape index (κ3) is 7.20. The smallest absolute Gasteiger partial charge is 0.307 e. The highest BCUT2D eigenvalue weighted by molar-refractivity contribution is 7.89. The summed E-state index contributed by atoms with van der Waals surface area (Å²) < 4.78 is 31.4. The van der Waals surface area contributed by atoms with E-state index in [1.165, 1.54) is 17.0 Å². The number of aryl methyl sites for hydroxylation is 1. The van der Waals surface area contributed by atoms with Crippen molar-refractivity contribution in [3.8, 4) is 0 Å². The number of sulfonamides is 1. The van der Waals surface area contributed by atoms with Crippen molar-refractivity contribution in [2.45, 2.75) is 18.2 Å². The summed E-state index contributed by atoms with van der Waals surface area (Å²) >= 11 is 0. The third-order valence-electron chi connectivity index (χ3n) is 3.36. The lowest BCUT2D eigenvalue weighted by atomic mass is 10.2. The lowest BCUT2D eigenvalue weighted by Crippen LogP contribution is -2.35. The van der Waals surface area contributed by atoms with Crippen molar-refractivity contribution in [3.63, 3.8) is 0 Å². The number of amides is 1. The number of hydrogen-bond donors (Lipinski definition) is 1. The molecular formula is C18H24N2O5S. The van der Waals surface area contributed by atoms with Crippen LogP contribution >= 0.6 is 0 Å². The van der Waals surface area contributed by atoms with E-state index in [1.54, 1.807) is 24.3 Å². The highest BCUT2D eigenvalue weighted by Crippen LogP contribution is 2.09. The molecule has 1 aromatic carbocycles. The van der Waals surface area contributed by atoms with E-state index in [2.05, 4.69) is 17.9 Å². The van der Waals surface area contributed by atoms with Gasteiger partial charge in [-0.15, -0.1) is 13.2 Å². The van der Waals surface area contributed by atoms with Crippen LogP contribution in [0.4, 0.5) is 0 Å². The molecule has 0 aliphatic heterocycles. The second kappa shape index (κ2) is 10.5. The zero-order chi connectivity index (χ0) is 19.6. The average Bonchev–Trinajstić information content (AvgIpc) is 2.59. The summed E-state index contributed by atoms with van der Waals surface area (Å²) in [6.07, 6.45) is 2.94. The van der Waals surface area contributed by atoms with Gasteiger partial charge in [0.2, 0.25) is 10.0 Å². The van der Waals surface area contributed by atoms with Gasteiger partial charge in [-0.2, -0.15) is 0 Å². The van der Waals surface area contributed by atoms with E-state index in [0.29, 0.717) is 13.1 Å². The highest BCUT2D eigenvalue weighted by Gasteiger charge is 2.16. The molecule has 0 saturated carbocycles. The molecule has 0 unspecified atom stereocenters. The van der Waals surface area contributed by atoms with Gasteiger partial charge in [-0.05, 0) is 19.1 Å². The molecule has 0 aromatic heterocycles. The van der Waals surface area contributed by atoms with Crippen LogP contribution in [0.25, 0.3) is 0 Å². The fourth-order valence-corrected chi connectivity index (χ4v) is 3.02. The average molecular weight is 380 g/mol. The van der Waals surface area contributed by atoms with Crippen LogP contribution in [0.1, 0.15) is 12.0 Å². The Morgan fingerprint density at radius 1 is 1.15 bits per heavy atom. The molecule has 0 atom stereocenters. The maximum atomic E-state index is 12.1. The number of nitrogens with zero attached hydrogens (tertiary/aromatic N) is 1. The molecule has 0 fully saturated rings. The first-order valence-electron chi connectivity index (χ1n) is 8.01. The highest BCUT2D eigenvalue weighted by atomic mass is 32.2. The molecule has 26 heavy (non-hydrogen) atoms. The van der Waals surface area contributed by atoms with Crippen LogP contribution in [-0.4, -0.2) is 51.4 Å². The van der Waals surface area contributed by atoms with Gasteiger partial charge in [0.1, 0.15) is 0 Å². The molecule has 1 N–H and O–H groups in total. The summed E-state index contributed by atoms with van der Waals surface area (Å²) in [5, 5.41) is 0. The monoisotopic (exact) mass is 380 g/mol. The molecule has 1 aromatic rings. The van der Waals surface area contributed by atoms with Gasteiger partial charge in [0.05, 0.1) is 11.3 Å². The van der Waals surface area contributed by atoms with Crippen LogP contribution in [0.3, 0.4) is 0 Å². The molecule has 0 spiro atoms. The minimum atomic E-state index is -3.69. The van der Waals surface area contributed by atoms with Crippen LogP contribution in [0.15, 0.2) is 54.5 Å². The molecule has 1 rings (SSSR count). The number of hydrogen-bond acceptors (Lipinski definition) is 5. The summed E-state index contributed by atoms with van der Waals surface area (Å²) in [6.45, 7) is 9.06. The normalized spacial score (nSPS) is 10.8. The van der Waals surface area contributed by atoms with Gasteiger partial charge in [-0.3, -0.25) is 9.59 Å². The Morgan fingerprint density at radius 3 is 2.27 bits per heavy atom. The van der Waals surface area contributed by atoms with E-state index < -0.39 is 22.6 Å². The van der Waals surface area contributed by atoms with Crippen molar-refractivity contribution in [2.24, 2.45) is 0 Å². The van der Waals surface area contributed by atoms with E-state index in [1.807, 2.05) is 6.92 Å². The van der Waals surface area contributed by atoms with Crippen molar-refractivity contribution in [3.05, 3.63) is 55.1 Å². The quantitative estimate of drug-likeness (QED) is 0.463. The minimum Gasteiger partial charge on any atom is -0.456 e. The lowest BCUT2D eigenvalue weighted by molar-refractivity contribution is -0.151. The maximum absolute atomic E-state index is 12.1. The summed E-state index contributed by atoms with van der Waals surface area (Å²) in [6, 6.07) is 6.35. The van der Waals surface area contributed by atoms with Gasteiger partial charge in [0.15, 0.2) is 6.61 Å². The summed E-state index contributed by atoms with van der Waals surface area (Å²) in [7, 11) is -3.69. The number of carbonyl (C=O) groups is 2. The molecule has 142 valence electrons. The Hall–Kier alpha value is -2.45. The maximum Gasteiger partial charge on any atom is 0.307 e. The molecule has 8 heteroatoms. The number of esters is 1. The third-order valence-corrected chi connectivity index (χ3v) is 4.84. The van der Waals surface area contributed by atoms with Gasteiger partial charge in [-0.25, -0.2) is 13.1 Å². The predicted molar refractivity (Wildman–Crippen MR) is 98.9 cm³/mol.